The standard InChI is InChI=1S/C13H10FNO2/c14-10-7-4-8-11(16)12(10)15-13(17)9-5-2-1-3-6-9/h1-8,16H,(H,15,17). The van der Waals surface area contributed by atoms with Gasteiger partial charge in [-0.2, -0.15) is 0 Å². The fourth-order valence-electron chi connectivity index (χ4n) is 1.41. The van der Waals surface area contributed by atoms with E-state index in [9.17, 15) is 14.3 Å². The molecule has 0 aromatic heterocycles. The van der Waals surface area contributed by atoms with Crippen LogP contribution in [0.2, 0.25) is 0 Å². The maximum absolute atomic E-state index is 13.4. The number of hydrogen-bond acceptors (Lipinski definition) is 2. The Balaban J connectivity index is 2.25. The molecule has 0 heterocycles. The number of carbonyl (C=O) groups is 1. The van der Waals surface area contributed by atoms with Crippen LogP contribution in [0.1, 0.15) is 10.4 Å². The molecule has 0 bridgehead atoms. The van der Waals surface area contributed by atoms with Gasteiger partial charge in [0.25, 0.3) is 5.91 Å². The average Bonchev–Trinajstić information content (AvgIpc) is 2.35. The third-order valence-corrected chi connectivity index (χ3v) is 2.27. The van der Waals surface area contributed by atoms with Crippen LogP contribution in [0.4, 0.5) is 10.1 Å². The molecule has 0 aliphatic carbocycles. The van der Waals surface area contributed by atoms with Crippen LogP contribution in [0.5, 0.6) is 5.75 Å². The van der Waals surface area contributed by atoms with E-state index in [1.54, 1.807) is 30.3 Å². The normalized spacial score (nSPS) is 9.94. The molecule has 0 aliphatic heterocycles. The predicted octanol–water partition coefficient (Wildman–Crippen LogP) is 2.78. The van der Waals surface area contributed by atoms with E-state index in [4.69, 9.17) is 0 Å². The molecule has 2 aromatic carbocycles. The lowest BCUT2D eigenvalue weighted by Gasteiger charge is -2.07. The summed E-state index contributed by atoms with van der Waals surface area (Å²) in [4.78, 5) is 11.7. The number of para-hydroxylation sites is 1. The van der Waals surface area contributed by atoms with Gasteiger partial charge in [-0.15, -0.1) is 0 Å². The van der Waals surface area contributed by atoms with Gasteiger partial charge in [0.05, 0.1) is 0 Å². The van der Waals surface area contributed by atoms with Crippen molar-refractivity contribution in [1.82, 2.24) is 0 Å². The van der Waals surface area contributed by atoms with Gasteiger partial charge in [0.2, 0.25) is 0 Å². The molecule has 0 saturated heterocycles. The number of benzene rings is 2. The van der Waals surface area contributed by atoms with Crippen molar-refractivity contribution in [3.63, 3.8) is 0 Å². The highest BCUT2D eigenvalue weighted by molar-refractivity contribution is 6.05. The minimum atomic E-state index is -0.672. The zero-order chi connectivity index (χ0) is 12.3. The first-order chi connectivity index (χ1) is 8.18. The summed E-state index contributed by atoms with van der Waals surface area (Å²) in [6.45, 7) is 0. The molecule has 3 nitrogen and oxygen atoms in total. The van der Waals surface area contributed by atoms with E-state index < -0.39 is 11.7 Å². The van der Waals surface area contributed by atoms with Gasteiger partial charge in [0, 0.05) is 5.56 Å². The Morgan fingerprint density at radius 2 is 1.76 bits per heavy atom. The SMILES string of the molecule is O=C(Nc1c(O)cccc1F)c1ccccc1. The van der Waals surface area contributed by atoms with Gasteiger partial charge in [-0.05, 0) is 24.3 Å². The lowest BCUT2D eigenvalue weighted by Crippen LogP contribution is -2.12. The van der Waals surface area contributed by atoms with Crippen LogP contribution >= 0.6 is 0 Å². The van der Waals surface area contributed by atoms with Crippen molar-refractivity contribution in [1.29, 1.82) is 0 Å². The molecule has 0 spiro atoms. The molecule has 0 unspecified atom stereocenters. The van der Waals surface area contributed by atoms with Crippen LogP contribution in [0, 0.1) is 5.82 Å². The van der Waals surface area contributed by atoms with E-state index in [-0.39, 0.29) is 11.4 Å². The molecule has 0 fully saturated rings. The number of rotatable bonds is 2. The van der Waals surface area contributed by atoms with Gasteiger partial charge in [-0.1, -0.05) is 24.3 Å². The summed E-state index contributed by atoms with van der Waals surface area (Å²) in [6.07, 6.45) is 0. The number of anilines is 1. The molecule has 2 aromatic rings. The van der Waals surface area contributed by atoms with Gasteiger partial charge in [-0.3, -0.25) is 4.79 Å². The quantitative estimate of drug-likeness (QED) is 0.781. The Morgan fingerprint density at radius 3 is 2.41 bits per heavy atom. The first-order valence-electron chi connectivity index (χ1n) is 5.02. The lowest BCUT2D eigenvalue weighted by molar-refractivity contribution is 0.102. The second-order valence-corrected chi connectivity index (χ2v) is 3.45. The highest BCUT2D eigenvalue weighted by Crippen LogP contribution is 2.26. The molecule has 0 saturated carbocycles. The number of aromatic hydroxyl groups is 1. The van der Waals surface area contributed by atoms with E-state index in [0.29, 0.717) is 5.56 Å². The lowest BCUT2D eigenvalue weighted by atomic mass is 10.2. The molecule has 86 valence electrons. The van der Waals surface area contributed by atoms with Crippen molar-refractivity contribution < 1.29 is 14.3 Å². The van der Waals surface area contributed by atoms with Crippen LogP contribution in [0.3, 0.4) is 0 Å². The van der Waals surface area contributed by atoms with E-state index in [2.05, 4.69) is 5.32 Å². The molecular formula is C13H10FNO2. The molecular weight excluding hydrogens is 221 g/mol. The second-order valence-electron chi connectivity index (χ2n) is 3.45. The smallest absolute Gasteiger partial charge is 0.255 e. The van der Waals surface area contributed by atoms with E-state index >= 15 is 0 Å². The Bertz CT molecular complexity index is 520. The first kappa shape index (κ1) is 11.1. The number of halogens is 1. The summed E-state index contributed by atoms with van der Waals surface area (Å²) in [7, 11) is 0. The van der Waals surface area contributed by atoms with Crippen molar-refractivity contribution in [2.75, 3.05) is 5.32 Å². The minimum absolute atomic E-state index is 0.207. The third-order valence-electron chi connectivity index (χ3n) is 2.27. The zero-order valence-electron chi connectivity index (χ0n) is 8.85. The Labute approximate surface area is 97.5 Å². The fraction of sp³-hybridized carbons (Fsp3) is 0. The largest absolute Gasteiger partial charge is 0.506 e. The minimum Gasteiger partial charge on any atom is -0.506 e. The van der Waals surface area contributed by atoms with Crippen molar-refractivity contribution in [2.45, 2.75) is 0 Å². The predicted molar refractivity (Wildman–Crippen MR) is 62.5 cm³/mol. The number of nitrogens with one attached hydrogen (secondary N) is 1. The molecule has 2 rings (SSSR count). The molecule has 17 heavy (non-hydrogen) atoms. The summed E-state index contributed by atoms with van der Waals surface area (Å²) in [5, 5.41) is 11.8. The van der Waals surface area contributed by atoms with Crippen LogP contribution in [0.25, 0.3) is 0 Å². The second kappa shape index (κ2) is 4.65. The molecule has 2 N–H and O–H groups in total. The van der Waals surface area contributed by atoms with Crippen LogP contribution in [-0.2, 0) is 0 Å². The summed E-state index contributed by atoms with van der Waals surface area (Å²) >= 11 is 0. The Kier molecular flexibility index (Phi) is 3.05. The summed E-state index contributed by atoms with van der Waals surface area (Å²) in [6, 6.07) is 12.2. The van der Waals surface area contributed by atoms with Gasteiger partial charge in [-0.25, -0.2) is 4.39 Å². The number of carbonyl (C=O) groups excluding carboxylic acids is 1. The van der Waals surface area contributed by atoms with Gasteiger partial charge in [0.15, 0.2) is 5.82 Å². The fourth-order valence-corrected chi connectivity index (χ4v) is 1.41. The van der Waals surface area contributed by atoms with E-state index in [0.717, 1.165) is 0 Å². The highest BCUT2D eigenvalue weighted by atomic mass is 19.1. The molecule has 1 amide bonds. The van der Waals surface area contributed by atoms with Crippen molar-refractivity contribution >= 4 is 11.6 Å². The molecule has 4 heteroatoms. The van der Waals surface area contributed by atoms with Crippen LogP contribution < -0.4 is 5.32 Å². The highest BCUT2D eigenvalue weighted by Gasteiger charge is 2.12. The Morgan fingerprint density at radius 1 is 1.06 bits per heavy atom. The third kappa shape index (κ3) is 2.42. The maximum Gasteiger partial charge on any atom is 0.255 e. The number of hydrogen-bond donors (Lipinski definition) is 2. The van der Waals surface area contributed by atoms with Crippen molar-refractivity contribution in [3.05, 3.63) is 59.9 Å². The van der Waals surface area contributed by atoms with Gasteiger partial charge < -0.3 is 10.4 Å². The topological polar surface area (TPSA) is 49.3 Å². The van der Waals surface area contributed by atoms with Crippen LogP contribution in [-0.4, -0.2) is 11.0 Å². The molecule has 0 radical (unpaired) electrons. The number of amides is 1. The van der Waals surface area contributed by atoms with Crippen molar-refractivity contribution in [3.8, 4) is 5.75 Å². The maximum atomic E-state index is 13.4. The summed E-state index contributed by atoms with van der Waals surface area (Å²) in [5.41, 5.74) is 0.191. The van der Waals surface area contributed by atoms with Gasteiger partial charge >= 0.3 is 0 Å². The Hall–Kier alpha value is -2.36. The average molecular weight is 231 g/mol. The van der Waals surface area contributed by atoms with E-state index in [1.165, 1.54) is 18.2 Å². The monoisotopic (exact) mass is 231 g/mol. The molecule has 0 aliphatic rings. The van der Waals surface area contributed by atoms with Crippen molar-refractivity contribution in [2.24, 2.45) is 0 Å². The molecule has 0 atom stereocenters. The summed E-state index contributed by atoms with van der Waals surface area (Å²) in [5.74, 6) is -1.44. The van der Waals surface area contributed by atoms with E-state index in [1.807, 2.05) is 0 Å². The zero-order valence-corrected chi connectivity index (χ0v) is 8.85. The number of phenols is 1. The van der Waals surface area contributed by atoms with Gasteiger partial charge in [0.1, 0.15) is 11.4 Å². The van der Waals surface area contributed by atoms with Crippen LogP contribution in [0.15, 0.2) is 48.5 Å². The number of phenolic OH excluding ortho intramolecular Hbond substituents is 1. The first-order valence-corrected chi connectivity index (χ1v) is 5.02. The summed E-state index contributed by atoms with van der Waals surface area (Å²) < 4.78 is 13.4.